The molecule has 0 bridgehead atoms. The molecule has 2 saturated carbocycles. The Morgan fingerprint density at radius 3 is 2.32 bits per heavy atom. The normalized spacial score (nSPS) is 20.7. The van der Waals surface area contributed by atoms with Gasteiger partial charge >= 0.3 is 0 Å². The number of benzene rings is 1. The highest BCUT2D eigenvalue weighted by molar-refractivity contribution is 5.95. The Bertz CT molecular complexity index is 1120. The Hall–Kier alpha value is -2.31. The van der Waals surface area contributed by atoms with Crippen LogP contribution in [0.4, 0.5) is 0 Å². The highest BCUT2D eigenvalue weighted by Crippen LogP contribution is 2.58. The number of primary amides is 1. The van der Waals surface area contributed by atoms with Gasteiger partial charge in [0, 0.05) is 47.6 Å². The molecule has 208 valence electrons. The molecule has 3 heterocycles. The molecule has 2 aliphatic heterocycles. The van der Waals surface area contributed by atoms with Crippen LogP contribution in [0.2, 0.25) is 0 Å². The molecule has 1 aromatic heterocycles. The molecule has 0 atom stereocenters. The van der Waals surface area contributed by atoms with E-state index in [4.69, 9.17) is 15.2 Å². The smallest absolute Gasteiger partial charge is 0.250 e. The molecule has 1 saturated heterocycles. The largest absolute Gasteiger partial charge is 0.493 e. The van der Waals surface area contributed by atoms with E-state index in [0.717, 1.165) is 63.0 Å². The van der Waals surface area contributed by atoms with E-state index in [1.54, 1.807) is 0 Å². The molecule has 1 aromatic carbocycles. The van der Waals surface area contributed by atoms with E-state index in [2.05, 4.69) is 49.7 Å². The van der Waals surface area contributed by atoms with Gasteiger partial charge in [0.1, 0.15) is 5.75 Å². The van der Waals surface area contributed by atoms with Crippen molar-refractivity contribution in [2.24, 2.45) is 11.7 Å². The summed E-state index contributed by atoms with van der Waals surface area (Å²) < 4.78 is 13.7. The van der Waals surface area contributed by atoms with Gasteiger partial charge in [-0.25, -0.2) is 0 Å². The fraction of sp³-hybridized carbons (Fsp3) is 0.656. The minimum Gasteiger partial charge on any atom is -0.493 e. The predicted molar refractivity (Wildman–Crippen MR) is 153 cm³/mol. The molecule has 1 spiro atoms. The number of nitrogens with two attached hydrogens (primary N) is 1. The molecule has 2 aliphatic carbocycles. The summed E-state index contributed by atoms with van der Waals surface area (Å²) in [6, 6.07) is 6.72. The monoisotopic (exact) mass is 521 g/mol. The number of rotatable bonds is 4. The number of fused-ring (bicyclic) bond motifs is 2. The first-order valence-corrected chi connectivity index (χ1v) is 14.8. The van der Waals surface area contributed by atoms with Crippen LogP contribution in [0.3, 0.4) is 0 Å². The van der Waals surface area contributed by atoms with Crippen molar-refractivity contribution in [2.75, 3.05) is 32.9 Å². The second-order valence-corrected chi connectivity index (χ2v) is 12.9. The number of ether oxygens (including phenoxy) is 2. The average molecular weight is 522 g/mol. The van der Waals surface area contributed by atoms with Gasteiger partial charge in [0.15, 0.2) is 0 Å². The summed E-state index contributed by atoms with van der Waals surface area (Å²) in [4.78, 5) is 12.3. The lowest BCUT2D eigenvalue weighted by molar-refractivity contribution is 0.0999. The third kappa shape index (κ3) is 5.67. The lowest BCUT2D eigenvalue weighted by atomic mass is 9.79. The van der Waals surface area contributed by atoms with Gasteiger partial charge in [0.25, 0.3) is 5.91 Å². The van der Waals surface area contributed by atoms with Crippen LogP contribution in [0.1, 0.15) is 99.3 Å². The van der Waals surface area contributed by atoms with Crippen LogP contribution in [0, 0.1) is 12.8 Å². The Morgan fingerprint density at radius 2 is 1.76 bits per heavy atom. The summed E-state index contributed by atoms with van der Waals surface area (Å²) in [5.41, 5.74) is 12.7. The predicted octanol–water partition coefficient (Wildman–Crippen LogP) is 5.86. The maximum atomic E-state index is 12.3. The highest BCUT2D eigenvalue weighted by Gasteiger charge is 2.49. The molecule has 6 nitrogen and oxygen atoms in total. The molecule has 2 aromatic rings. The number of hydrogen-bond donors (Lipinski definition) is 2. The Morgan fingerprint density at radius 1 is 1.05 bits per heavy atom. The average Bonchev–Trinajstić information content (AvgIpc) is 3.61. The zero-order valence-corrected chi connectivity index (χ0v) is 24.0. The number of amides is 1. The summed E-state index contributed by atoms with van der Waals surface area (Å²) in [5.74, 6) is 1.46. The first kappa shape index (κ1) is 27.3. The van der Waals surface area contributed by atoms with Gasteiger partial charge < -0.3 is 25.1 Å². The number of hydrogen-bond acceptors (Lipinski definition) is 4. The van der Waals surface area contributed by atoms with Gasteiger partial charge in [-0.3, -0.25) is 4.79 Å². The topological polar surface area (TPSA) is 78.5 Å². The maximum Gasteiger partial charge on any atom is 0.250 e. The molecule has 0 unspecified atom stereocenters. The second kappa shape index (κ2) is 11.1. The van der Waals surface area contributed by atoms with Gasteiger partial charge in [0.2, 0.25) is 0 Å². The molecule has 38 heavy (non-hydrogen) atoms. The van der Waals surface area contributed by atoms with E-state index >= 15 is 0 Å². The van der Waals surface area contributed by atoms with Gasteiger partial charge in [-0.1, -0.05) is 40.0 Å². The van der Waals surface area contributed by atoms with Crippen molar-refractivity contribution >= 4 is 5.91 Å². The van der Waals surface area contributed by atoms with Crippen LogP contribution in [0.5, 0.6) is 5.75 Å². The summed E-state index contributed by atoms with van der Waals surface area (Å²) in [7, 11) is 0. The van der Waals surface area contributed by atoms with Gasteiger partial charge in [-0.2, -0.15) is 0 Å². The number of carbonyl (C=O) groups excluding carboxylic acids is 1. The summed E-state index contributed by atoms with van der Waals surface area (Å²) in [6.45, 7) is 14.5. The SMILES string of the molecule is C1COCCN1.Cc1c(C(N)=O)cc(-c2cc(C(C)(C)C)c3c(c2)C2(CCO3)CC2)n1CC1CCCCC1. The van der Waals surface area contributed by atoms with Crippen molar-refractivity contribution in [3.63, 3.8) is 0 Å². The fourth-order valence-electron chi connectivity index (χ4n) is 6.55. The van der Waals surface area contributed by atoms with E-state index < -0.39 is 0 Å². The molecule has 3 fully saturated rings. The number of aromatic nitrogens is 1. The molecule has 6 heteroatoms. The fourth-order valence-corrected chi connectivity index (χ4v) is 6.55. The minimum atomic E-state index is -0.331. The number of carbonyl (C=O) groups is 1. The second-order valence-electron chi connectivity index (χ2n) is 12.9. The quantitative estimate of drug-likeness (QED) is 0.528. The van der Waals surface area contributed by atoms with Crippen molar-refractivity contribution in [3.05, 3.63) is 40.6 Å². The molecule has 0 radical (unpaired) electrons. The summed E-state index contributed by atoms with van der Waals surface area (Å²) >= 11 is 0. The first-order valence-electron chi connectivity index (χ1n) is 14.8. The van der Waals surface area contributed by atoms with E-state index in [9.17, 15) is 4.79 Å². The van der Waals surface area contributed by atoms with Crippen LogP contribution in [0.25, 0.3) is 11.3 Å². The molecular formula is C32H47N3O3. The lowest BCUT2D eigenvalue weighted by Gasteiger charge is -2.33. The van der Waals surface area contributed by atoms with Crippen LogP contribution < -0.4 is 15.8 Å². The third-order valence-corrected chi connectivity index (χ3v) is 9.09. The molecule has 1 amide bonds. The summed E-state index contributed by atoms with van der Waals surface area (Å²) in [5, 5.41) is 3.16. The van der Waals surface area contributed by atoms with Crippen molar-refractivity contribution in [2.45, 2.75) is 96.4 Å². The molecule has 4 aliphatic rings. The van der Waals surface area contributed by atoms with Crippen LogP contribution in [-0.4, -0.2) is 43.4 Å². The van der Waals surface area contributed by atoms with Gasteiger partial charge in [-0.15, -0.1) is 0 Å². The Kier molecular flexibility index (Phi) is 7.93. The van der Waals surface area contributed by atoms with Gasteiger partial charge in [0.05, 0.1) is 25.4 Å². The zero-order chi connectivity index (χ0) is 26.9. The Labute approximate surface area is 228 Å². The maximum absolute atomic E-state index is 12.3. The van der Waals surface area contributed by atoms with E-state index in [1.807, 2.05) is 6.07 Å². The van der Waals surface area contributed by atoms with E-state index in [1.165, 1.54) is 61.6 Å². The van der Waals surface area contributed by atoms with Crippen molar-refractivity contribution in [1.82, 2.24) is 9.88 Å². The standard InChI is InChI=1S/C28H38N2O2.C4H9NO/c1-18-21(26(29)31)16-24(30(18)17-19-8-6-5-7-9-19)20-14-22(27(2,3)4)25-23(15-20)28(10-11-28)12-13-32-25;1-3-6-4-2-5-1/h14-16,19H,5-13,17H2,1-4H3,(H2,29,31);5H,1-4H2. The molecule has 3 N–H and O–H groups in total. The minimum absolute atomic E-state index is 0.0180. The van der Waals surface area contributed by atoms with Crippen LogP contribution in [0.15, 0.2) is 18.2 Å². The van der Waals surface area contributed by atoms with Gasteiger partial charge in [-0.05, 0) is 74.1 Å². The van der Waals surface area contributed by atoms with Crippen LogP contribution >= 0.6 is 0 Å². The van der Waals surface area contributed by atoms with Crippen molar-refractivity contribution < 1.29 is 14.3 Å². The number of nitrogens with one attached hydrogen (secondary N) is 1. The van der Waals surface area contributed by atoms with E-state index in [0.29, 0.717) is 16.9 Å². The first-order chi connectivity index (χ1) is 18.2. The molecule has 6 rings (SSSR count). The zero-order valence-electron chi connectivity index (χ0n) is 24.0. The number of morpholine rings is 1. The molecular weight excluding hydrogens is 474 g/mol. The lowest BCUT2D eigenvalue weighted by Crippen LogP contribution is -2.30. The van der Waals surface area contributed by atoms with Crippen molar-refractivity contribution in [3.8, 4) is 17.0 Å². The number of nitrogens with zero attached hydrogens (tertiary/aromatic N) is 1. The highest BCUT2D eigenvalue weighted by atomic mass is 16.5. The van der Waals surface area contributed by atoms with E-state index in [-0.39, 0.29) is 11.3 Å². The van der Waals surface area contributed by atoms with Crippen LogP contribution in [-0.2, 0) is 22.1 Å². The van der Waals surface area contributed by atoms with Crippen molar-refractivity contribution in [1.29, 1.82) is 0 Å². The third-order valence-electron chi connectivity index (χ3n) is 9.09. The summed E-state index contributed by atoms with van der Waals surface area (Å²) in [6.07, 6.45) is 10.2. The Balaban J connectivity index is 0.000000433.